The molecule has 1 aromatic rings. The molecule has 76 valence electrons. The Kier molecular flexibility index (Phi) is 3.51. The van der Waals surface area contributed by atoms with Crippen LogP contribution in [-0.2, 0) is 0 Å². The van der Waals surface area contributed by atoms with Gasteiger partial charge in [0.25, 0.3) is 0 Å². The van der Waals surface area contributed by atoms with Gasteiger partial charge in [-0.05, 0) is 19.1 Å². The average molecular weight is 195 g/mol. The predicted octanol–water partition coefficient (Wildman–Crippen LogP) is 2.82. The quantitative estimate of drug-likeness (QED) is 0.746. The number of nitrogens with one attached hydrogen (secondary N) is 1. The van der Waals surface area contributed by atoms with Crippen molar-refractivity contribution in [2.75, 3.05) is 12.4 Å². The molecular weight excluding hydrogens is 181 g/mol. The van der Waals surface area contributed by atoms with E-state index in [0.717, 1.165) is 5.69 Å². The normalized spacial score (nSPS) is 11.9. The third kappa shape index (κ3) is 2.49. The lowest BCUT2D eigenvalue weighted by molar-refractivity contribution is 0.386. The van der Waals surface area contributed by atoms with Gasteiger partial charge in [-0.25, -0.2) is 4.39 Å². The van der Waals surface area contributed by atoms with Gasteiger partial charge < -0.3 is 10.1 Å². The molecule has 0 aliphatic carbocycles. The van der Waals surface area contributed by atoms with Gasteiger partial charge in [0.15, 0.2) is 11.6 Å². The van der Waals surface area contributed by atoms with Crippen molar-refractivity contribution >= 4 is 5.69 Å². The van der Waals surface area contributed by atoms with Crippen LogP contribution in [0.25, 0.3) is 0 Å². The molecule has 0 bridgehead atoms. The summed E-state index contributed by atoms with van der Waals surface area (Å²) in [6.07, 6.45) is 1.75. The fourth-order valence-electron chi connectivity index (χ4n) is 1.08. The molecule has 1 aromatic carbocycles. The Labute approximate surface area is 83.4 Å². The first kappa shape index (κ1) is 10.6. The highest BCUT2D eigenvalue weighted by Gasteiger charge is 2.03. The van der Waals surface area contributed by atoms with Gasteiger partial charge in [-0.1, -0.05) is 6.08 Å². The predicted molar refractivity (Wildman–Crippen MR) is 56.2 cm³/mol. The summed E-state index contributed by atoms with van der Waals surface area (Å²) in [6.45, 7) is 5.57. The summed E-state index contributed by atoms with van der Waals surface area (Å²) in [5.41, 5.74) is 0.718. The molecule has 0 spiro atoms. The fourth-order valence-corrected chi connectivity index (χ4v) is 1.08. The van der Waals surface area contributed by atoms with Gasteiger partial charge in [-0.2, -0.15) is 0 Å². The summed E-state index contributed by atoms with van der Waals surface area (Å²) in [7, 11) is 1.44. The highest BCUT2D eigenvalue weighted by atomic mass is 19.1. The van der Waals surface area contributed by atoms with Gasteiger partial charge in [0.1, 0.15) is 0 Å². The monoisotopic (exact) mass is 195 g/mol. The van der Waals surface area contributed by atoms with Crippen molar-refractivity contribution in [3.63, 3.8) is 0 Å². The lowest BCUT2D eigenvalue weighted by Gasteiger charge is -2.11. The second-order valence-electron chi connectivity index (χ2n) is 3.02. The lowest BCUT2D eigenvalue weighted by Crippen LogP contribution is -2.11. The van der Waals surface area contributed by atoms with Gasteiger partial charge in [-0.15, -0.1) is 6.58 Å². The molecule has 0 saturated heterocycles. The summed E-state index contributed by atoms with van der Waals surface area (Å²) < 4.78 is 18.0. The number of hydrogen-bond acceptors (Lipinski definition) is 2. The highest BCUT2D eigenvalue weighted by Crippen LogP contribution is 2.20. The van der Waals surface area contributed by atoms with Crippen molar-refractivity contribution in [1.82, 2.24) is 0 Å². The van der Waals surface area contributed by atoms with Gasteiger partial charge >= 0.3 is 0 Å². The van der Waals surface area contributed by atoms with Crippen LogP contribution in [-0.4, -0.2) is 13.2 Å². The summed E-state index contributed by atoms with van der Waals surface area (Å²) in [5.74, 6) is -0.115. The van der Waals surface area contributed by atoms with Gasteiger partial charge in [0.05, 0.1) is 7.11 Å². The van der Waals surface area contributed by atoms with E-state index in [1.165, 1.54) is 13.2 Å². The number of hydrogen-bond donors (Lipinski definition) is 1. The number of anilines is 1. The Morgan fingerprint density at radius 1 is 1.57 bits per heavy atom. The molecule has 3 heteroatoms. The van der Waals surface area contributed by atoms with Crippen molar-refractivity contribution in [1.29, 1.82) is 0 Å². The lowest BCUT2D eigenvalue weighted by atomic mass is 10.2. The van der Waals surface area contributed by atoms with E-state index in [1.54, 1.807) is 18.2 Å². The third-order valence-electron chi connectivity index (χ3n) is 1.90. The summed E-state index contributed by atoms with van der Waals surface area (Å²) in [6, 6.07) is 4.87. The van der Waals surface area contributed by atoms with E-state index in [1.807, 2.05) is 6.92 Å². The van der Waals surface area contributed by atoms with Crippen molar-refractivity contribution in [2.45, 2.75) is 13.0 Å². The number of halogens is 1. The number of ether oxygens (including phenoxy) is 1. The third-order valence-corrected chi connectivity index (χ3v) is 1.90. The number of methoxy groups -OCH3 is 1. The van der Waals surface area contributed by atoms with Crippen LogP contribution in [0.3, 0.4) is 0 Å². The molecule has 0 fully saturated rings. The topological polar surface area (TPSA) is 21.3 Å². The van der Waals surface area contributed by atoms with Crippen LogP contribution in [0, 0.1) is 5.82 Å². The second kappa shape index (κ2) is 4.65. The Balaban J connectivity index is 2.80. The summed E-state index contributed by atoms with van der Waals surface area (Å²) >= 11 is 0. The van der Waals surface area contributed by atoms with Crippen LogP contribution in [0.4, 0.5) is 10.1 Å². The van der Waals surface area contributed by atoms with Crippen molar-refractivity contribution < 1.29 is 9.13 Å². The van der Waals surface area contributed by atoms with E-state index in [-0.39, 0.29) is 17.6 Å². The molecule has 1 unspecified atom stereocenters. The van der Waals surface area contributed by atoms with E-state index < -0.39 is 0 Å². The average Bonchev–Trinajstić information content (AvgIpc) is 2.18. The number of rotatable bonds is 4. The Hall–Kier alpha value is -1.51. The molecule has 1 N–H and O–H groups in total. The van der Waals surface area contributed by atoms with E-state index in [2.05, 4.69) is 11.9 Å². The van der Waals surface area contributed by atoms with Crippen molar-refractivity contribution in [2.24, 2.45) is 0 Å². The summed E-state index contributed by atoms with van der Waals surface area (Å²) in [4.78, 5) is 0. The smallest absolute Gasteiger partial charge is 0.167 e. The largest absolute Gasteiger partial charge is 0.494 e. The Bertz CT molecular complexity index is 325. The molecule has 1 rings (SSSR count). The molecule has 0 heterocycles. The van der Waals surface area contributed by atoms with Gasteiger partial charge in [0.2, 0.25) is 0 Å². The molecule has 2 nitrogen and oxygen atoms in total. The van der Waals surface area contributed by atoms with Crippen LogP contribution in [0.15, 0.2) is 30.9 Å². The van der Waals surface area contributed by atoms with Crippen LogP contribution in [0.5, 0.6) is 5.75 Å². The Morgan fingerprint density at radius 2 is 2.29 bits per heavy atom. The van der Waals surface area contributed by atoms with Crippen molar-refractivity contribution in [3.05, 3.63) is 36.7 Å². The Morgan fingerprint density at radius 3 is 2.79 bits per heavy atom. The maximum Gasteiger partial charge on any atom is 0.167 e. The van der Waals surface area contributed by atoms with Crippen LogP contribution >= 0.6 is 0 Å². The standard InChI is InChI=1S/C11H14FNO/c1-4-8(2)13-9-5-6-11(14-3)10(12)7-9/h4-8,13H,1H2,2-3H3. The van der Waals surface area contributed by atoms with Crippen LogP contribution in [0.1, 0.15) is 6.92 Å². The van der Waals surface area contributed by atoms with E-state index in [9.17, 15) is 4.39 Å². The molecule has 0 aromatic heterocycles. The molecule has 0 saturated carbocycles. The maximum atomic E-state index is 13.2. The zero-order valence-electron chi connectivity index (χ0n) is 8.38. The zero-order chi connectivity index (χ0) is 10.6. The first-order valence-electron chi connectivity index (χ1n) is 4.40. The first-order valence-corrected chi connectivity index (χ1v) is 4.40. The van der Waals surface area contributed by atoms with E-state index in [4.69, 9.17) is 4.74 Å². The molecule has 1 atom stereocenters. The SMILES string of the molecule is C=CC(C)Nc1ccc(OC)c(F)c1. The maximum absolute atomic E-state index is 13.2. The summed E-state index contributed by atoms with van der Waals surface area (Å²) in [5, 5.41) is 3.07. The molecule has 0 aliphatic heterocycles. The molecular formula is C11H14FNO. The zero-order valence-corrected chi connectivity index (χ0v) is 8.38. The minimum absolute atomic E-state index is 0.114. The van der Waals surface area contributed by atoms with Gasteiger partial charge in [-0.3, -0.25) is 0 Å². The number of benzene rings is 1. The molecule has 0 aliphatic rings. The minimum atomic E-state index is -0.367. The van der Waals surface area contributed by atoms with Crippen LogP contribution in [0.2, 0.25) is 0 Å². The first-order chi connectivity index (χ1) is 6.67. The fraction of sp³-hybridized carbons (Fsp3) is 0.273. The van der Waals surface area contributed by atoms with E-state index >= 15 is 0 Å². The second-order valence-corrected chi connectivity index (χ2v) is 3.02. The van der Waals surface area contributed by atoms with Crippen LogP contribution < -0.4 is 10.1 Å². The van der Waals surface area contributed by atoms with Gasteiger partial charge in [0, 0.05) is 17.8 Å². The van der Waals surface area contributed by atoms with E-state index in [0.29, 0.717) is 0 Å². The highest BCUT2D eigenvalue weighted by molar-refractivity contribution is 5.48. The van der Waals surface area contributed by atoms with Crippen molar-refractivity contribution in [3.8, 4) is 5.75 Å². The molecule has 14 heavy (non-hydrogen) atoms. The molecule has 0 radical (unpaired) electrons. The molecule has 0 amide bonds. The minimum Gasteiger partial charge on any atom is -0.494 e.